The maximum Gasteiger partial charge on any atom is 0.205 e. The molecule has 5 heteroatoms. The third kappa shape index (κ3) is 4.04. The molecule has 1 aromatic carbocycles. The van der Waals surface area contributed by atoms with E-state index in [0.29, 0.717) is 0 Å². The summed E-state index contributed by atoms with van der Waals surface area (Å²) in [5.74, 6) is 0. The molecule has 1 rings (SSSR count). The fourth-order valence-corrected chi connectivity index (χ4v) is 3.64. The van der Waals surface area contributed by atoms with Gasteiger partial charge < -0.3 is 3.87 Å². The van der Waals surface area contributed by atoms with Crippen molar-refractivity contribution in [3.8, 4) is 0 Å². The van der Waals surface area contributed by atoms with Crippen LogP contribution < -0.4 is 0 Å². The van der Waals surface area contributed by atoms with Crippen molar-refractivity contribution in [2.45, 2.75) is 24.5 Å². The highest BCUT2D eigenvalue weighted by atomic mass is 79.9. The second kappa shape index (κ2) is 4.70. The maximum absolute atomic E-state index is 11.7. The lowest BCUT2D eigenvalue weighted by molar-refractivity contribution is 0.563. The molecule has 0 radical (unpaired) electrons. The van der Waals surface area contributed by atoms with Gasteiger partial charge in [-0.25, -0.2) is 4.21 Å². The molecule has 1 unspecified atom stereocenters. The van der Waals surface area contributed by atoms with Crippen LogP contribution in [-0.4, -0.2) is 12.5 Å². The van der Waals surface area contributed by atoms with Gasteiger partial charge in [0.15, 0.2) is 11.1 Å². The minimum absolute atomic E-state index is 0.718. The number of hydrogen-bond donors (Lipinski definition) is 0. The molecule has 0 heterocycles. The Bertz CT molecular complexity index is 332. The zero-order chi connectivity index (χ0) is 10.8. The number of benzene rings is 1. The normalized spacial score (nSPS) is 14.0. The standard InChI is InChI=1S/C9H13BrO2SSi/c1-14(2,3)12-13(11)9-6-4-8(10)5-7-9/h4-7H,1-3H3. The van der Waals surface area contributed by atoms with Crippen LogP contribution in [0.15, 0.2) is 33.6 Å². The van der Waals surface area contributed by atoms with Gasteiger partial charge >= 0.3 is 0 Å². The topological polar surface area (TPSA) is 26.3 Å². The lowest BCUT2D eigenvalue weighted by Crippen LogP contribution is -2.26. The minimum Gasteiger partial charge on any atom is -0.332 e. The molecule has 0 spiro atoms. The summed E-state index contributed by atoms with van der Waals surface area (Å²) in [6.45, 7) is 6.05. The van der Waals surface area contributed by atoms with Gasteiger partial charge in [0.2, 0.25) is 8.32 Å². The highest BCUT2D eigenvalue weighted by molar-refractivity contribution is 9.10. The van der Waals surface area contributed by atoms with Crippen LogP contribution in [0.25, 0.3) is 0 Å². The minimum atomic E-state index is -1.73. The van der Waals surface area contributed by atoms with Crippen LogP contribution in [0, 0.1) is 0 Å². The average Bonchev–Trinajstić information content (AvgIpc) is 2.02. The maximum atomic E-state index is 11.7. The third-order valence-electron chi connectivity index (χ3n) is 1.33. The molecule has 14 heavy (non-hydrogen) atoms. The van der Waals surface area contributed by atoms with Gasteiger partial charge in [0.05, 0.1) is 4.90 Å². The van der Waals surface area contributed by atoms with E-state index in [-0.39, 0.29) is 0 Å². The van der Waals surface area contributed by atoms with Crippen LogP contribution >= 0.6 is 15.9 Å². The van der Waals surface area contributed by atoms with Gasteiger partial charge in [-0.3, -0.25) is 0 Å². The fraction of sp³-hybridized carbons (Fsp3) is 0.333. The van der Waals surface area contributed by atoms with E-state index in [2.05, 4.69) is 15.9 Å². The first-order valence-electron chi connectivity index (χ1n) is 4.25. The van der Waals surface area contributed by atoms with Gasteiger partial charge in [-0.15, -0.1) is 0 Å². The van der Waals surface area contributed by atoms with Gasteiger partial charge in [-0.1, -0.05) is 15.9 Å². The van der Waals surface area contributed by atoms with E-state index in [1.54, 1.807) is 12.1 Å². The number of hydrogen-bond acceptors (Lipinski definition) is 2. The first-order valence-corrected chi connectivity index (χ1v) is 9.53. The molecule has 2 nitrogen and oxygen atoms in total. The second-order valence-corrected chi connectivity index (χ2v) is 10.6. The molecule has 1 aromatic rings. The molecule has 78 valence electrons. The van der Waals surface area contributed by atoms with Crippen molar-refractivity contribution in [1.82, 2.24) is 0 Å². The van der Waals surface area contributed by atoms with Crippen molar-refractivity contribution in [3.63, 3.8) is 0 Å². The second-order valence-electron chi connectivity index (χ2n) is 3.88. The number of halogens is 1. The fourth-order valence-electron chi connectivity index (χ4n) is 0.821. The van der Waals surface area contributed by atoms with Crippen molar-refractivity contribution in [2.24, 2.45) is 0 Å². The molecule has 0 aliphatic heterocycles. The molecule has 0 bridgehead atoms. The van der Waals surface area contributed by atoms with Crippen LogP contribution in [0.3, 0.4) is 0 Å². The monoisotopic (exact) mass is 292 g/mol. The Kier molecular flexibility index (Phi) is 4.06. The molecule has 0 saturated carbocycles. The van der Waals surface area contributed by atoms with E-state index >= 15 is 0 Å². The molecule has 0 saturated heterocycles. The Balaban J connectivity index is 2.76. The van der Waals surface area contributed by atoms with E-state index in [4.69, 9.17) is 3.87 Å². The molecule has 0 aromatic heterocycles. The van der Waals surface area contributed by atoms with Gasteiger partial charge in [0, 0.05) is 4.47 Å². The SMILES string of the molecule is C[Si](C)(C)OS(=O)c1ccc(Br)cc1. The Morgan fingerprint density at radius 3 is 2.14 bits per heavy atom. The Morgan fingerprint density at radius 1 is 1.21 bits per heavy atom. The zero-order valence-electron chi connectivity index (χ0n) is 8.41. The highest BCUT2D eigenvalue weighted by Crippen LogP contribution is 2.16. The highest BCUT2D eigenvalue weighted by Gasteiger charge is 2.19. The number of rotatable bonds is 3. The predicted octanol–water partition coefficient (Wildman–Crippen LogP) is 3.32. The van der Waals surface area contributed by atoms with E-state index in [1.165, 1.54) is 0 Å². The van der Waals surface area contributed by atoms with Crippen molar-refractivity contribution >= 4 is 35.3 Å². The van der Waals surface area contributed by atoms with Gasteiger partial charge in [-0.2, -0.15) is 0 Å². The summed E-state index contributed by atoms with van der Waals surface area (Å²) in [6, 6.07) is 7.34. The summed E-state index contributed by atoms with van der Waals surface area (Å²) in [7, 11) is -1.73. The zero-order valence-corrected chi connectivity index (χ0v) is 11.8. The van der Waals surface area contributed by atoms with Crippen molar-refractivity contribution < 1.29 is 8.08 Å². The Morgan fingerprint density at radius 2 is 1.71 bits per heavy atom. The van der Waals surface area contributed by atoms with Crippen molar-refractivity contribution in [3.05, 3.63) is 28.7 Å². The van der Waals surface area contributed by atoms with E-state index in [1.807, 2.05) is 31.8 Å². The molecular formula is C9H13BrO2SSi. The van der Waals surface area contributed by atoms with Crippen LogP contribution in [0.1, 0.15) is 0 Å². The summed E-state index contributed by atoms with van der Waals surface area (Å²) < 4.78 is 18.1. The first-order chi connectivity index (χ1) is 6.38. The summed E-state index contributed by atoms with van der Waals surface area (Å²) in [4.78, 5) is 0.718. The smallest absolute Gasteiger partial charge is 0.205 e. The summed E-state index contributed by atoms with van der Waals surface area (Å²) in [5, 5.41) is 0. The lowest BCUT2D eigenvalue weighted by Gasteiger charge is -2.15. The van der Waals surface area contributed by atoms with Gasteiger partial charge in [-0.05, 0) is 43.9 Å². The van der Waals surface area contributed by atoms with Crippen molar-refractivity contribution in [2.75, 3.05) is 0 Å². The van der Waals surface area contributed by atoms with Gasteiger partial charge in [0.1, 0.15) is 0 Å². The van der Waals surface area contributed by atoms with E-state index in [0.717, 1.165) is 9.37 Å². The van der Waals surface area contributed by atoms with Crippen LogP contribution in [0.4, 0.5) is 0 Å². The van der Waals surface area contributed by atoms with E-state index < -0.39 is 19.4 Å². The molecule has 1 atom stereocenters. The summed E-state index contributed by atoms with van der Waals surface area (Å²) >= 11 is 2.00. The van der Waals surface area contributed by atoms with Crippen LogP contribution in [-0.2, 0) is 15.0 Å². The molecule has 0 aliphatic rings. The first kappa shape index (κ1) is 12.1. The Hall–Kier alpha value is 0.0269. The molecule has 0 fully saturated rings. The van der Waals surface area contributed by atoms with Crippen LogP contribution in [0.2, 0.25) is 19.6 Å². The predicted molar refractivity (Wildman–Crippen MR) is 65.0 cm³/mol. The van der Waals surface area contributed by atoms with Gasteiger partial charge in [0.25, 0.3) is 0 Å². The molecular weight excluding hydrogens is 280 g/mol. The molecule has 0 aliphatic carbocycles. The lowest BCUT2D eigenvalue weighted by atomic mass is 10.4. The quantitative estimate of drug-likeness (QED) is 0.799. The average molecular weight is 293 g/mol. The van der Waals surface area contributed by atoms with Crippen LogP contribution in [0.5, 0.6) is 0 Å². The van der Waals surface area contributed by atoms with Crippen molar-refractivity contribution in [1.29, 1.82) is 0 Å². The Labute approximate surface area is 96.6 Å². The largest absolute Gasteiger partial charge is 0.332 e. The summed E-state index contributed by atoms with van der Waals surface area (Å²) in [5.41, 5.74) is 0. The molecule has 0 amide bonds. The van der Waals surface area contributed by atoms with E-state index in [9.17, 15) is 4.21 Å². The summed E-state index contributed by atoms with van der Waals surface area (Å²) in [6.07, 6.45) is 0. The molecule has 0 N–H and O–H groups in total. The third-order valence-corrected chi connectivity index (χ3v) is 5.12.